The first-order valence-corrected chi connectivity index (χ1v) is 13.0. The highest BCUT2D eigenvalue weighted by molar-refractivity contribution is 6.39. The van der Waals surface area contributed by atoms with Gasteiger partial charge in [-0.25, -0.2) is 9.59 Å². The molecule has 2 unspecified atom stereocenters. The quantitative estimate of drug-likeness (QED) is 0.380. The van der Waals surface area contributed by atoms with Gasteiger partial charge in [-0.1, -0.05) is 53.5 Å². The van der Waals surface area contributed by atoms with Crippen molar-refractivity contribution in [2.24, 2.45) is 14.1 Å². The minimum Gasteiger partial charge on any atom is -0.462 e. The third-order valence-electron chi connectivity index (χ3n) is 6.26. The molecule has 0 radical (unpaired) electrons. The van der Waals surface area contributed by atoms with Crippen molar-refractivity contribution in [2.75, 3.05) is 6.61 Å². The van der Waals surface area contributed by atoms with E-state index in [4.69, 9.17) is 32.7 Å². The van der Waals surface area contributed by atoms with Gasteiger partial charge in [0.15, 0.2) is 0 Å². The number of hydrogen-bond donors (Lipinski definition) is 1. The average Bonchev–Trinajstić information content (AvgIpc) is 2.90. The summed E-state index contributed by atoms with van der Waals surface area (Å²) in [6.45, 7) is 4.32. The molecule has 2 atom stereocenters. The Balaban J connectivity index is 1.90. The molecule has 3 aromatic rings. The number of aromatic nitrogens is 2. The van der Waals surface area contributed by atoms with Gasteiger partial charge in [0.1, 0.15) is 18.8 Å². The molecule has 0 aliphatic carbocycles. The van der Waals surface area contributed by atoms with Crippen LogP contribution < -0.4 is 16.6 Å². The molecule has 0 bridgehead atoms. The first-order valence-electron chi connectivity index (χ1n) is 12.3. The minimum absolute atomic E-state index is 0.00736. The van der Waals surface area contributed by atoms with E-state index in [-0.39, 0.29) is 28.6 Å². The van der Waals surface area contributed by atoms with Crippen molar-refractivity contribution in [3.8, 4) is 11.1 Å². The molecule has 12 heteroatoms. The second kappa shape index (κ2) is 13.0. The molecule has 0 spiro atoms. The van der Waals surface area contributed by atoms with Crippen LogP contribution in [-0.4, -0.2) is 45.7 Å². The molecular weight excluding hydrogens is 561 g/mol. The molecule has 2 aromatic carbocycles. The van der Waals surface area contributed by atoms with Crippen LogP contribution in [0.3, 0.4) is 0 Å². The second-order valence-corrected chi connectivity index (χ2v) is 10.1. The Labute approximate surface area is 240 Å². The number of nitrogens with zero attached hydrogens (tertiary/aromatic N) is 2. The van der Waals surface area contributed by atoms with Gasteiger partial charge in [-0.05, 0) is 37.1 Å². The fraction of sp³-hybridized carbons (Fsp3) is 0.321. The molecule has 1 amide bonds. The topological polar surface area (TPSA) is 126 Å². The maximum Gasteiger partial charge on any atom is 0.330 e. The lowest BCUT2D eigenvalue weighted by molar-refractivity contribution is -0.158. The van der Waals surface area contributed by atoms with Crippen molar-refractivity contribution in [3.05, 3.63) is 90.2 Å². The SMILES string of the molecule is CC(=O)OCC(C)OC(=O)C(Cc1ccc(-c2c(C)n(C)c(=O)n(C)c2=O)cc1)NC(=O)c1c(Cl)cccc1Cl. The predicted molar refractivity (Wildman–Crippen MR) is 151 cm³/mol. The lowest BCUT2D eigenvalue weighted by Crippen LogP contribution is -2.44. The Morgan fingerprint density at radius 2 is 1.57 bits per heavy atom. The maximum absolute atomic E-state index is 13.1. The first kappa shape index (κ1) is 30.6. The lowest BCUT2D eigenvalue weighted by Gasteiger charge is -2.21. The number of carbonyl (C=O) groups is 3. The molecule has 212 valence electrons. The van der Waals surface area contributed by atoms with E-state index >= 15 is 0 Å². The minimum atomic E-state index is -1.15. The molecule has 0 saturated heterocycles. The fourth-order valence-corrected chi connectivity index (χ4v) is 4.58. The van der Waals surface area contributed by atoms with E-state index in [2.05, 4.69) is 5.32 Å². The molecule has 0 aliphatic heterocycles. The zero-order valence-electron chi connectivity index (χ0n) is 22.6. The van der Waals surface area contributed by atoms with E-state index in [0.717, 1.165) is 4.57 Å². The number of ether oxygens (including phenoxy) is 2. The summed E-state index contributed by atoms with van der Waals surface area (Å²) < 4.78 is 12.7. The normalized spacial score (nSPS) is 12.4. The summed E-state index contributed by atoms with van der Waals surface area (Å²) in [4.78, 5) is 62.3. The molecule has 40 heavy (non-hydrogen) atoms. The summed E-state index contributed by atoms with van der Waals surface area (Å²) >= 11 is 12.4. The van der Waals surface area contributed by atoms with Crippen molar-refractivity contribution in [3.63, 3.8) is 0 Å². The maximum atomic E-state index is 13.1. The van der Waals surface area contributed by atoms with Crippen LogP contribution >= 0.6 is 23.2 Å². The predicted octanol–water partition coefficient (Wildman–Crippen LogP) is 3.20. The Morgan fingerprint density at radius 1 is 0.975 bits per heavy atom. The van der Waals surface area contributed by atoms with E-state index in [1.54, 1.807) is 51.2 Å². The molecule has 1 heterocycles. The Bertz CT molecular complexity index is 1540. The van der Waals surface area contributed by atoms with E-state index in [0.29, 0.717) is 22.4 Å². The Kier molecular flexibility index (Phi) is 9.94. The van der Waals surface area contributed by atoms with Gasteiger partial charge in [0.25, 0.3) is 11.5 Å². The zero-order valence-corrected chi connectivity index (χ0v) is 24.1. The zero-order chi connectivity index (χ0) is 29.7. The Hall–Kier alpha value is -3.89. The van der Waals surface area contributed by atoms with E-state index in [9.17, 15) is 24.0 Å². The number of benzene rings is 2. The van der Waals surface area contributed by atoms with Gasteiger partial charge in [0.2, 0.25) is 0 Å². The van der Waals surface area contributed by atoms with Gasteiger partial charge in [-0.15, -0.1) is 0 Å². The number of amides is 1. The smallest absolute Gasteiger partial charge is 0.330 e. The molecular formula is C28H29Cl2N3O7. The molecule has 1 aromatic heterocycles. The van der Waals surface area contributed by atoms with E-state index in [1.807, 2.05) is 0 Å². The largest absolute Gasteiger partial charge is 0.462 e. The van der Waals surface area contributed by atoms with Crippen molar-refractivity contribution in [1.29, 1.82) is 0 Å². The van der Waals surface area contributed by atoms with E-state index in [1.165, 1.54) is 30.7 Å². The van der Waals surface area contributed by atoms with Crippen LogP contribution in [0, 0.1) is 6.92 Å². The highest BCUT2D eigenvalue weighted by Gasteiger charge is 2.27. The number of halogens is 2. The van der Waals surface area contributed by atoms with Gasteiger partial charge in [0.05, 0.1) is 21.2 Å². The average molecular weight is 590 g/mol. The van der Waals surface area contributed by atoms with Gasteiger partial charge in [-0.2, -0.15) is 0 Å². The number of carbonyl (C=O) groups excluding carboxylic acids is 3. The first-order chi connectivity index (χ1) is 18.8. The summed E-state index contributed by atoms with van der Waals surface area (Å²) in [6.07, 6.45) is -0.747. The number of nitrogens with one attached hydrogen (secondary N) is 1. The number of esters is 2. The van der Waals surface area contributed by atoms with Crippen molar-refractivity contribution < 1.29 is 23.9 Å². The monoisotopic (exact) mass is 589 g/mol. The third-order valence-corrected chi connectivity index (χ3v) is 6.89. The molecule has 0 fully saturated rings. The summed E-state index contributed by atoms with van der Waals surface area (Å²) in [5.74, 6) is -1.96. The molecule has 0 aliphatic rings. The fourth-order valence-electron chi connectivity index (χ4n) is 4.01. The number of rotatable bonds is 9. The van der Waals surface area contributed by atoms with Crippen molar-refractivity contribution in [2.45, 2.75) is 39.3 Å². The van der Waals surface area contributed by atoms with Crippen LogP contribution in [-0.2, 0) is 39.6 Å². The lowest BCUT2D eigenvalue weighted by atomic mass is 10.00. The molecule has 0 saturated carbocycles. The summed E-state index contributed by atoms with van der Waals surface area (Å²) in [5.41, 5.74) is 1.25. The van der Waals surface area contributed by atoms with Crippen LogP contribution in [0.15, 0.2) is 52.1 Å². The van der Waals surface area contributed by atoms with Crippen LogP contribution in [0.1, 0.15) is 35.5 Å². The van der Waals surface area contributed by atoms with Gasteiger partial charge in [-0.3, -0.25) is 19.0 Å². The van der Waals surface area contributed by atoms with Crippen molar-refractivity contribution >= 4 is 41.0 Å². The third kappa shape index (κ3) is 7.00. The summed E-state index contributed by atoms with van der Waals surface area (Å²) in [5, 5.41) is 2.86. The van der Waals surface area contributed by atoms with Crippen LogP contribution in [0.2, 0.25) is 10.0 Å². The second-order valence-electron chi connectivity index (χ2n) is 9.24. The van der Waals surface area contributed by atoms with Gasteiger partial charge >= 0.3 is 17.6 Å². The highest BCUT2D eigenvalue weighted by Crippen LogP contribution is 2.25. The van der Waals surface area contributed by atoms with E-state index < -0.39 is 41.2 Å². The summed E-state index contributed by atoms with van der Waals surface area (Å²) in [6, 6.07) is 10.2. The molecule has 3 rings (SSSR count). The standard InChI is InChI=1S/C28H29Cl2N3O7/c1-15(14-39-17(3)34)40-27(37)22(31-25(35)24-20(29)7-6-8-21(24)30)13-18-9-11-19(12-10-18)23-16(2)32(4)28(38)33(5)26(23)36/h6-12,15,22H,13-14H2,1-5H3,(H,31,35). The van der Waals surface area contributed by atoms with Gasteiger partial charge < -0.3 is 19.4 Å². The van der Waals surface area contributed by atoms with Crippen LogP contribution in [0.25, 0.3) is 11.1 Å². The Morgan fingerprint density at radius 3 is 2.15 bits per heavy atom. The highest BCUT2D eigenvalue weighted by atomic mass is 35.5. The van der Waals surface area contributed by atoms with Crippen LogP contribution in [0.4, 0.5) is 0 Å². The number of hydrogen-bond acceptors (Lipinski definition) is 7. The van der Waals surface area contributed by atoms with Gasteiger partial charge in [0, 0.05) is 33.1 Å². The summed E-state index contributed by atoms with van der Waals surface area (Å²) in [7, 11) is 3.00. The van der Waals surface area contributed by atoms with Crippen molar-refractivity contribution in [1.82, 2.24) is 14.5 Å². The molecule has 10 nitrogen and oxygen atoms in total. The van der Waals surface area contributed by atoms with Crippen LogP contribution in [0.5, 0.6) is 0 Å². The molecule has 1 N–H and O–H groups in total.